The van der Waals surface area contributed by atoms with Gasteiger partial charge in [-0.3, -0.25) is 0 Å². The lowest BCUT2D eigenvalue weighted by atomic mass is 9.97. The highest BCUT2D eigenvalue weighted by Gasteiger charge is 2.17. The zero-order chi connectivity index (χ0) is 16.3. The van der Waals surface area contributed by atoms with Gasteiger partial charge in [-0.2, -0.15) is 0 Å². The van der Waals surface area contributed by atoms with E-state index in [1.54, 1.807) is 12.1 Å². The molecule has 22 heavy (non-hydrogen) atoms. The maximum atomic E-state index is 12.0. The highest BCUT2D eigenvalue weighted by molar-refractivity contribution is 5.90. The molecule has 114 valence electrons. The molecule has 0 saturated heterocycles. The smallest absolute Gasteiger partial charge is 0.338 e. The van der Waals surface area contributed by atoms with E-state index < -0.39 is 5.60 Å². The van der Waals surface area contributed by atoms with Crippen molar-refractivity contribution in [2.75, 3.05) is 0 Å². The standard InChI is InChI=1S/C20H22O2/c1-6-15-13-14(2)7-12-18(15)16-8-10-17(11-9-16)19(21)22-20(3,4)5/h6-13H,1H2,2-5H3. The quantitative estimate of drug-likeness (QED) is 0.722. The van der Waals surface area contributed by atoms with Crippen molar-refractivity contribution in [1.82, 2.24) is 0 Å². The van der Waals surface area contributed by atoms with Gasteiger partial charge in [0.1, 0.15) is 5.60 Å². The van der Waals surface area contributed by atoms with Crippen LogP contribution >= 0.6 is 0 Å². The molecule has 0 aliphatic heterocycles. The van der Waals surface area contributed by atoms with E-state index in [1.165, 1.54) is 5.56 Å². The van der Waals surface area contributed by atoms with Crippen molar-refractivity contribution in [2.45, 2.75) is 33.3 Å². The molecule has 0 aliphatic carbocycles. The van der Waals surface area contributed by atoms with Crippen LogP contribution in [0.1, 0.15) is 42.3 Å². The highest BCUT2D eigenvalue weighted by atomic mass is 16.6. The van der Waals surface area contributed by atoms with Crippen LogP contribution in [0.25, 0.3) is 17.2 Å². The Morgan fingerprint density at radius 2 is 1.73 bits per heavy atom. The summed E-state index contributed by atoms with van der Waals surface area (Å²) in [6.07, 6.45) is 1.85. The van der Waals surface area contributed by atoms with Crippen molar-refractivity contribution >= 4 is 12.0 Å². The van der Waals surface area contributed by atoms with Crippen LogP contribution in [0.15, 0.2) is 49.0 Å². The lowest BCUT2D eigenvalue weighted by molar-refractivity contribution is 0.00696. The zero-order valence-corrected chi connectivity index (χ0v) is 13.6. The fraction of sp³-hybridized carbons (Fsp3) is 0.250. The van der Waals surface area contributed by atoms with E-state index in [0.717, 1.165) is 16.7 Å². The van der Waals surface area contributed by atoms with Gasteiger partial charge in [-0.25, -0.2) is 4.79 Å². The molecule has 0 aliphatic rings. The molecule has 0 N–H and O–H groups in total. The molecule has 0 aromatic heterocycles. The molecule has 0 saturated carbocycles. The third-order valence-electron chi connectivity index (χ3n) is 3.26. The summed E-state index contributed by atoms with van der Waals surface area (Å²) in [6, 6.07) is 13.7. The summed E-state index contributed by atoms with van der Waals surface area (Å²) >= 11 is 0. The van der Waals surface area contributed by atoms with Gasteiger partial charge < -0.3 is 4.74 Å². The molecule has 0 amide bonds. The van der Waals surface area contributed by atoms with Crippen molar-refractivity contribution in [3.8, 4) is 11.1 Å². The Labute approximate surface area is 132 Å². The summed E-state index contributed by atoms with van der Waals surface area (Å²) < 4.78 is 5.37. The van der Waals surface area contributed by atoms with Crippen LogP contribution < -0.4 is 0 Å². The van der Waals surface area contributed by atoms with E-state index in [2.05, 4.69) is 31.7 Å². The summed E-state index contributed by atoms with van der Waals surface area (Å²) in [5.74, 6) is -0.299. The van der Waals surface area contributed by atoms with Gasteiger partial charge in [-0.1, -0.05) is 48.6 Å². The minimum Gasteiger partial charge on any atom is -0.456 e. The van der Waals surface area contributed by atoms with E-state index >= 15 is 0 Å². The van der Waals surface area contributed by atoms with Crippen molar-refractivity contribution < 1.29 is 9.53 Å². The van der Waals surface area contributed by atoms with Crippen molar-refractivity contribution in [3.63, 3.8) is 0 Å². The van der Waals surface area contributed by atoms with Crippen LogP contribution in [-0.4, -0.2) is 11.6 Å². The predicted octanol–water partition coefficient (Wildman–Crippen LogP) is 5.26. The molecule has 0 fully saturated rings. The molecule has 0 spiro atoms. The Kier molecular flexibility index (Phi) is 4.51. The lowest BCUT2D eigenvalue weighted by Crippen LogP contribution is -2.23. The number of esters is 1. The number of ether oxygens (including phenoxy) is 1. The van der Waals surface area contributed by atoms with Crippen LogP contribution in [-0.2, 0) is 4.74 Å². The second-order valence-corrected chi connectivity index (χ2v) is 6.37. The molecule has 0 bridgehead atoms. The number of carbonyl (C=O) groups excluding carboxylic acids is 1. The van der Waals surface area contributed by atoms with Gasteiger partial charge in [0.15, 0.2) is 0 Å². The maximum absolute atomic E-state index is 12.0. The third-order valence-corrected chi connectivity index (χ3v) is 3.26. The van der Waals surface area contributed by atoms with Gasteiger partial charge in [0, 0.05) is 0 Å². The lowest BCUT2D eigenvalue weighted by Gasteiger charge is -2.19. The Balaban J connectivity index is 2.30. The Morgan fingerprint density at radius 3 is 2.27 bits per heavy atom. The van der Waals surface area contributed by atoms with Crippen LogP contribution in [0, 0.1) is 6.92 Å². The monoisotopic (exact) mass is 294 g/mol. The van der Waals surface area contributed by atoms with Gasteiger partial charge >= 0.3 is 5.97 Å². The summed E-state index contributed by atoms with van der Waals surface area (Å²) in [6.45, 7) is 11.5. The molecular formula is C20H22O2. The van der Waals surface area contributed by atoms with Crippen LogP contribution in [0.4, 0.5) is 0 Å². The fourth-order valence-corrected chi connectivity index (χ4v) is 2.24. The Hall–Kier alpha value is -2.35. The van der Waals surface area contributed by atoms with Gasteiger partial charge in [0.2, 0.25) is 0 Å². The molecule has 0 radical (unpaired) electrons. The molecule has 2 nitrogen and oxygen atoms in total. The van der Waals surface area contributed by atoms with E-state index in [9.17, 15) is 4.79 Å². The highest BCUT2D eigenvalue weighted by Crippen LogP contribution is 2.26. The summed E-state index contributed by atoms with van der Waals surface area (Å²) in [7, 11) is 0. The Bertz CT molecular complexity index is 689. The minimum atomic E-state index is -0.483. The average Bonchev–Trinajstić information content (AvgIpc) is 2.45. The molecule has 2 rings (SSSR count). The first-order chi connectivity index (χ1) is 10.3. The molecule has 0 heterocycles. The fourth-order valence-electron chi connectivity index (χ4n) is 2.24. The first kappa shape index (κ1) is 16.0. The Morgan fingerprint density at radius 1 is 1.09 bits per heavy atom. The molecule has 0 unspecified atom stereocenters. The normalized spacial score (nSPS) is 11.1. The van der Waals surface area contributed by atoms with Crippen molar-refractivity contribution in [1.29, 1.82) is 0 Å². The topological polar surface area (TPSA) is 26.3 Å². The van der Waals surface area contributed by atoms with E-state index in [0.29, 0.717) is 5.56 Å². The van der Waals surface area contributed by atoms with Crippen molar-refractivity contribution in [2.24, 2.45) is 0 Å². The third kappa shape index (κ3) is 3.85. The number of benzene rings is 2. The van der Waals surface area contributed by atoms with Crippen LogP contribution in [0.5, 0.6) is 0 Å². The van der Waals surface area contributed by atoms with Crippen LogP contribution in [0.2, 0.25) is 0 Å². The molecule has 2 aromatic rings. The SMILES string of the molecule is C=Cc1cc(C)ccc1-c1ccc(C(=O)OC(C)(C)C)cc1. The molecule has 2 heteroatoms. The number of hydrogen-bond acceptors (Lipinski definition) is 2. The van der Waals surface area contributed by atoms with Crippen LogP contribution in [0.3, 0.4) is 0 Å². The maximum Gasteiger partial charge on any atom is 0.338 e. The molecule has 2 aromatic carbocycles. The molecule has 0 atom stereocenters. The van der Waals surface area contributed by atoms with E-state index in [4.69, 9.17) is 4.74 Å². The number of aryl methyl sites for hydroxylation is 1. The second-order valence-electron chi connectivity index (χ2n) is 6.37. The van der Waals surface area contributed by atoms with Gasteiger partial charge in [0.05, 0.1) is 5.56 Å². The zero-order valence-electron chi connectivity index (χ0n) is 13.6. The van der Waals surface area contributed by atoms with Gasteiger partial charge in [-0.15, -0.1) is 0 Å². The first-order valence-electron chi connectivity index (χ1n) is 7.37. The second kappa shape index (κ2) is 6.18. The first-order valence-corrected chi connectivity index (χ1v) is 7.37. The van der Waals surface area contributed by atoms with Gasteiger partial charge in [-0.05, 0) is 56.5 Å². The van der Waals surface area contributed by atoms with Crippen molar-refractivity contribution in [3.05, 3.63) is 65.7 Å². The van der Waals surface area contributed by atoms with E-state index in [-0.39, 0.29) is 5.97 Å². The van der Waals surface area contributed by atoms with Gasteiger partial charge in [0.25, 0.3) is 0 Å². The summed E-state index contributed by atoms with van der Waals surface area (Å²) in [4.78, 5) is 12.0. The predicted molar refractivity (Wildman–Crippen MR) is 91.9 cm³/mol. The molecular weight excluding hydrogens is 272 g/mol. The minimum absolute atomic E-state index is 0.299. The van der Waals surface area contributed by atoms with E-state index in [1.807, 2.05) is 39.0 Å². The number of hydrogen-bond donors (Lipinski definition) is 0. The number of rotatable bonds is 3. The largest absolute Gasteiger partial charge is 0.456 e. The summed E-state index contributed by atoms with van der Waals surface area (Å²) in [5.41, 5.74) is 4.53. The summed E-state index contributed by atoms with van der Waals surface area (Å²) in [5, 5.41) is 0. The number of carbonyl (C=O) groups is 1. The average molecular weight is 294 g/mol.